The van der Waals surface area contributed by atoms with Crippen LogP contribution in [0.25, 0.3) is 0 Å². The van der Waals surface area contributed by atoms with Crippen LogP contribution in [0.5, 0.6) is 0 Å². The summed E-state index contributed by atoms with van der Waals surface area (Å²) in [6.07, 6.45) is 0.853. The molecule has 2 N–H and O–H groups in total. The van der Waals surface area contributed by atoms with Crippen LogP contribution in [0.1, 0.15) is 19.0 Å². The highest BCUT2D eigenvalue weighted by Crippen LogP contribution is 1.95. The summed E-state index contributed by atoms with van der Waals surface area (Å²) in [7, 11) is 0. The lowest BCUT2D eigenvalue weighted by Crippen LogP contribution is -2.29. The van der Waals surface area contributed by atoms with Gasteiger partial charge in [0.05, 0.1) is 24.8 Å². The molecule has 0 radical (unpaired) electrons. The molecule has 0 aliphatic rings. The molecule has 0 saturated carbocycles. The molecule has 0 bridgehead atoms. The van der Waals surface area contributed by atoms with Crippen molar-refractivity contribution in [2.75, 3.05) is 13.2 Å². The summed E-state index contributed by atoms with van der Waals surface area (Å²) in [6, 6.07) is 3.62. The molecule has 6 nitrogen and oxygen atoms in total. The third-order valence-electron chi connectivity index (χ3n) is 2.02. The number of aromatic nitrogens is 2. The Morgan fingerprint density at radius 1 is 1.65 bits per heavy atom. The zero-order chi connectivity index (χ0) is 12.5. The van der Waals surface area contributed by atoms with E-state index in [0.29, 0.717) is 19.7 Å². The molecule has 94 valence electrons. The molecule has 0 saturated heterocycles. The molecule has 1 aromatic heterocycles. The van der Waals surface area contributed by atoms with Gasteiger partial charge in [-0.15, -0.1) is 0 Å². The van der Waals surface area contributed by atoms with Gasteiger partial charge < -0.3 is 15.2 Å². The maximum Gasteiger partial charge on any atom is 0.308 e. The number of esters is 1. The summed E-state index contributed by atoms with van der Waals surface area (Å²) < 4.78 is 4.73. The van der Waals surface area contributed by atoms with E-state index < -0.39 is 6.10 Å². The molecule has 1 atom stereocenters. The van der Waals surface area contributed by atoms with Gasteiger partial charge in [0, 0.05) is 19.3 Å². The molecule has 1 rings (SSSR count). The minimum absolute atomic E-state index is 0.00130. The van der Waals surface area contributed by atoms with E-state index in [9.17, 15) is 9.90 Å². The van der Waals surface area contributed by atoms with Crippen molar-refractivity contribution in [1.82, 2.24) is 15.5 Å². The molecule has 0 aliphatic carbocycles. The van der Waals surface area contributed by atoms with Crippen LogP contribution in [0.15, 0.2) is 18.3 Å². The van der Waals surface area contributed by atoms with Gasteiger partial charge in [0.25, 0.3) is 0 Å². The Bertz CT molecular complexity index is 332. The van der Waals surface area contributed by atoms with Gasteiger partial charge in [-0.3, -0.25) is 4.79 Å². The van der Waals surface area contributed by atoms with Crippen molar-refractivity contribution in [3.05, 3.63) is 24.0 Å². The summed E-state index contributed by atoms with van der Waals surface area (Å²) in [5.74, 6) is -0.388. The van der Waals surface area contributed by atoms with Crippen LogP contribution in [0.4, 0.5) is 0 Å². The Labute approximate surface area is 100 Å². The van der Waals surface area contributed by atoms with Crippen molar-refractivity contribution in [2.24, 2.45) is 0 Å². The quantitative estimate of drug-likeness (QED) is 0.645. The second-order valence-corrected chi connectivity index (χ2v) is 3.51. The second kappa shape index (κ2) is 7.70. The monoisotopic (exact) mass is 239 g/mol. The van der Waals surface area contributed by atoms with Gasteiger partial charge in [-0.1, -0.05) is 0 Å². The Balaban J connectivity index is 2.16. The van der Waals surface area contributed by atoms with Crippen LogP contribution >= 0.6 is 0 Å². The number of carbonyl (C=O) groups excluding carboxylic acids is 1. The van der Waals surface area contributed by atoms with E-state index in [1.165, 1.54) is 0 Å². The molecular formula is C11H17N3O3. The third kappa shape index (κ3) is 5.94. The van der Waals surface area contributed by atoms with Crippen molar-refractivity contribution in [1.29, 1.82) is 0 Å². The lowest BCUT2D eigenvalue weighted by molar-refractivity contribution is -0.145. The van der Waals surface area contributed by atoms with Crippen LogP contribution in [0.2, 0.25) is 0 Å². The Kier molecular flexibility index (Phi) is 6.13. The van der Waals surface area contributed by atoms with Crippen molar-refractivity contribution in [3.8, 4) is 0 Å². The molecule has 0 fully saturated rings. The number of rotatable bonds is 7. The number of ether oxygens (including phenoxy) is 1. The van der Waals surface area contributed by atoms with Crippen LogP contribution in [-0.2, 0) is 16.1 Å². The Morgan fingerprint density at radius 3 is 3.12 bits per heavy atom. The predicted octanol–water partition coefficient (Wildman–Crippen LogP) is -0.120. The largest absolute Gasteiger partial charge is 0.466 e. The Morgan fingerprint density at radius 2 is 2.47 bits per heavy atom. The van der Waals surface area contributed by atoms with Gasteiger partial charge in [-0.25, -0.2) is 0 Å². The first kappa shape index (κ1) is 13.5. The van der Waals surface area contributed by atoms with Crippen molar-refractivity contribution >= 4 is 5.97 Å². The molecular weight excluding hydrogens is 222 g/mol. The van der Waals surface area contributed by atoms with Gasteiger partial charge in [-0.05, 0) is 19.1 Å². The smallest absolute Gasteiger partial charge is 0.308 e. The van der Waals surface area contributed by atoms with Gasteiger partial charge in [-0.2, -0.15) is 10.2 Å². The summed E-state index contributed by atoms with van der Waals surface area (Å²) in [5, 5.41) is 20.1. The van der Waals surface area contributed by atoms with Crippen LogP contribution in [-0.4, -0.2) is 40.5 Å². The van der Waals surface area contributed by atoms with E-state index in [0.717, 1.165) is 5.69 Å². The van der Waals surface area contributed by atoms with Crippen molar-refractivity contribution < 1.29 is 14.6 Å². The molecule has 6 heteroatoms. The van der Waals surface area contributed by atoms with E-state index in [4.69, 9.17) is 4.74 Å². The minimum Gasteiger partial charge on any atom is -0.466 e. The normalized spacial score (nSPS) is 12.1. The molecule has 1 unspecified atom stereocenters. The molecule has 0 aromatic carbocycles. The molecule has 0 aliphatic heterocycles. The van der Waals surface area contributed by atoms with E-state index in [-0.39, 0.29) is 12.4 Å². The van der Waals surface area contributed by atoms with Crippen molar-refractivity contribution in [3.63, 3.8) is 0 Å². The zero-order valence-electron chi connectivity index (χ0n) is 9.80. The summed E-state index contributed by atoms with van der Waals surface area (Å²) >= 11 is 0. The van der Waals surface area contributed by atoms with Crippen LogP contribution in [0.3, 0.4) is 0 Å². The number of hydrogen-bond donors (Lipinski definition) is 2. The Hall–Kier alpha value is -1.53. The average molecular weight is 239 g/mol. The lowest BCUT2D eigenvalue weighted by atomic mass is 10.2. The number of nitrogens with one attached hydrogen (secondary N) is 1. The van der Waals surface area contributed by atoms with Gasteiger partial charge in [0.1, 0.15) is 0 Å². The standard InChI is InChI=1S/C11H17N3O3/c1-2-17-11(16)6-10(15)8-12-7-9-4-3-5-13-14-9/h3-5,10,12,15H,2,6-8H2,1H3. The van der Waals surface area contributed by atoms with E-state index in [2.05, 4.69) is 15.5 Å². The SMILES string of the molecule is CCOC(=O)CC(O)CNCc1cccnn1. The maximum absolute atomic E-state index is 11.1. The van der Waals surface area contributed by atoms with E-state index >= 15 is 0 Å². The highest BCUT2D eigenvalue weighted by molar-refractivity contribution is 5.69. The molecule has 1 heterocycles. The van der Waals surface area contributed by atoms with Crippen LogP contribution in [0, 0.1) is 0 Å². The van der Waals surface area contributed by atoms with Gasteiger partial charge in [0.2, 0.25) is 0 Å². The fourth-order valence-corrected chi connectivity index (χ4v) is 1.28. The van der Waals surface area contributed by atoms with E-state index in [1.807, 2.05) is 6.07 Å². The first-order chi connectivity index (χ1) is 8.22. The fourth-order valence-electron chi connectivity index (χ4n) is 1.28. The topological polar surface area (TPSA) is 84.3 Å². The number of carbonyl (C=O) groups is 1. The minimum atomic E-state index is -0.745. The summed E-state index contributed by atoms with van der Waals surface area (Å²) in [5.41, 5.74) is 0.788. The fraction of sp³-hybridized carbons (Fsp3) is 0.545. The molecule has 0 amide bonds. The average Bonchev–Trinajstić information content (AvgIpc) is 2.30. The molecule has 0 spiro atoms. The molecule has 1 aromatic rings. The maximum atomic E-state index is 11.1. The number of aliphatic hydroxyl groups excluding tert-OH is 1. The highest BCUT2D eigenvalue weighted by atomic mass is 16.5. The van der Waals surface area contributed by atoms with Gasteiger partial charge >= 0.3 is 5.97 Å². The number of hydrogen-bond acceptors (Lipinski definition) is 6. The van der Waals surface area contributed by atoms with Gasteiger partial charge in [0.15, 0.2) is 0 Å². The zero-order valence-corrected chi connectivity index (χ0v) is 9.80. The van der Waals surface area contributed by atoms with Crippen LogP contribution < -0.4 is 5.32 Å². The van der Waals surface area contributed by atoms with E-state index in [1.54, 1.807) is 19.2 Å². The second-order valence-electron chi connectivity index (χ2n) is 3.51. The molecule has 17 heavy (non-hydrogen) atoms. The first-order valence-electron chi connectivity index (χ1n) is 5.53. The predicted molar refractivity (Wildman–Crippen MR) is 61.0 cm³/mol. The summed E-state index contributed by atoms with van der Waals surface area (Å²) in [4.78, 5) is 11.1. The summed E-state index contributed by atoms with van der Waals surface area (Å²) in [6.45, 7) is 2.89. The number of nitrogens with zero attached hydrogens (tertiary/aromatic N) is 2. The third-order valence-corrected chi connectivity index (χ3v) is 2.02. The highest BCUT2D eigenvalue weighted by Gasteiger charge is 2.10. The number of aliphatic hydroxyl groups is 1. The van der Waals surface area contributed by atoms with Crippen molar-refractivity contribution in [2.45, 2.75) is 26.0 Å². The first-order valence-corrected chi connectivity index (χ1v) is 5.53. The lowest BCUT2D eigenvalue weighted by Gasteiger charge is -2.10.